The molecule has 0 unspecified atom stereocenters. The second-order valence-corrected chi connectivity index (χ2v) is 7.36. The summed E-state index contributed by atoms with van der Waals surface area (Å²) in [7, 11) is 3.82. The second-order valence-electron chi connectivity index (χ2n) is 6.95. The molecule has 1 aliphatic heterocycles. The lowest BCUT2D eigenvalue weighted by molar-refractivity contribution is -0.147. The van der Waals surface area contributed by atoms with E-state index < -0.39 is 30.0 Å². The molecule has 1 aliphatic rings. The van der Waals surface area contributed by atoms with Gasteiger partial charge in [0.1, 0.15) is 11.5 Å². The Hall–Kier alpha value is -3.99. The number of rotatable bonds is 8. The topological polar surface area (TPSA) is 134 Å². The van der Waals surface area contributed by atoms with E-state index in [-0.39, 0.29) is 40.3 Å². The number of esters is 2. The lowest BCUT2D eigenvalue weighted by Gasteiger charge is -2.17. The Morgan fingerprint density at radius 2 is 1.91 bits per heavy atom. The summed E-state index contributed by atoms with van der Waals surface area (Å²) in [6.07, 6.45) is 0.468. The van der Waals surface area contributed by atoms with Gasteiger partial charge in [0.05, 0.1) is 32.9 Å². The highest BCUT2D eigenvalue weighted by Crippen LogP contribution is 2.38. The standard InChI is InChI=1S/C22H21ClN2O9/c1-11(20(27)31-3)33-18-14(23)7-12(9-17(18)30-2)8-15-19(26)25(22(29)24-15)10-13-5-6-16(34-13)21(28)32-4/h5-9,11H,10H2,1-4H3,(H,24,29)/b15-8-/t11-/m1/s1. The molecule has 1 aromatic carbocycles. The molecule has 180 valence electrons. The van der Waals surface area contributed by atoms with E-state index in [4.69, 9.17) is 25.5 Å². The molecule has 0 radical (unpaired) electrons. The number of hydrogen-bond donors (Lipinski definition) is 1. The predicted octanol–water partition coefficient (Wildman–Crippen LogP) is 2.76. The van der Waals surface area contributed by atoms with Gasteiger partial charge in [-0.2, -0.15) is 0 Å². The van der Waals surface area contributed by atoms with Crippen molar-refractivity contribution in [3.8, 4) is 11.5 Å². The maximum Gasteiger partial charge on any atom is 0.373 e. The number of benzene rings is 1. The molecule has 1 fully saturated rings. The Bertz CT molecular complexity index is 1170. The van der Waals surface area contributed by atoms with Gasteiger partial charge < -0.3 is 28.7 Å². The zero-order chi connectivity index (χ0) is 25.0. The number of amides is 3. The Labute approximate surface area is 199 Å². The number of imide groups is 1. The fraction of sp³-hybridized carbons (Fsp3) is 0.273. The van der Waals surface area contributed by atoms with Gasteiger partial charge in [-0.1, -0.05) is 11.6 Å². The first-order valence-electron chi connectivity index (χ1n) is 9.82. The number of methoxy groups -OCH3 is 3. The first kappa shape index (κ1) is 24.6. The van der Waals surface area contributed by atoms with Crippen molar-refractivity contribution in [2.24, 2.45) is 0 Å². The van der Waals surface area contributed by atoms with Gasteiger partial charge in [0.15, 0.2) is 17.6 Å². The van der Waals surface area contributed by atoms with Gasteiger partial charge in [-0.05, 0) is 42.8 Å². The van der Waals surface area contributed by atoms with E-state index in [2.05, 4.69) is 14.8 Å². The van der Waals surface area contributed by atoms with Crippen LogP contribution >= 0.6 is 11.6 Å². The SMILES string of the molecule is COC(=O)c1ccc(CN2C(=O)N/C(=C\c3cc(Cl)c(O[C@H](C)C(=O)OC)c(OC)c3)C2=O)o1. The van der Waals surface area contributed by atoms with Crippen LogP contribution in [0.15, 0.2) is 34.4 Å². The molecule has 0 spiro atoms. The summed E-state index contributed by atoms with van der Waals surface area (Å²) in [6.45, 7) is 1.30. The Balaban J connectivity index is 1.81. The quantitative estimate of drug-likeness (QED) is 0.335. The van der Waals surface area contributed by atoms with Gasteiger partial charge in [-0.3, -0.25) is 9.69 Å². The van der Waals surface area contributed by atoms with Crippen molar-refractivity contribution < 1.29 is 42.5 Å². The van der Waals surface area contributed by atoms with Crippen molar-refractivity contribution in [1.82, 2.24) is 10.2 Å². The van der Waals surface area contributed by atoms with Crippen molar-refractivity contribution in [2.75, 3.05) is 21.3 Å². The number of carbonyl (C=O) groups is 4. The van der Waals surface area contributed by atoms with Gasteiger partial charge in [0.2, 0.25) is 5.76 Å². The Kier molecular flexibility index (Phi) is 7.47. The third-order valence-electron chi connectivity index (χ3n) is 4.72. The molecule has 3 amide bonds. The minimum Gasteiger partial charge on any atom is -0.493 e. The van der Waals surface area contributed by atoms with Crippen molar-refractivity contribution in [3.05, 3.63) is 52.1 Å². The van der Waals surface area contributed by atoms with Gasteiger partial charge in [-0.15, -0.1) is 0 Å². The van der Waals surface area contributed by atoms with Crippen LogP contribution in [0.25, 0.3) is 6.08 Å². The number of nitrogens with one attached hydrogen (secondary N) is 1. The summed E-state index contributed by atoms with van der Waals surface area (Å²) >= 11 is 6.31. The molecule has 12 heteroatoms. The first-order valence-corrected chi connectivity index (χ1v) is 10.2. The normalized spacial score (nSPS) is 15.2. The van der Waals surface area contributed by atoms with Gasteiger partial charge in [0, 0.05) is 0 Å². The maximum absolute atomic E-state index is 12.8. The largest absolute Gasteiger partial charge is 0.493 e. The number of urea groups is 1. The highest BCUT2D eigenvalue weighted by Gasteiger charge is 2.34. The lowest BCUT2D eigenvalue weighted by atomic mass is 10.1. The third kappa shape index (κ3) is 5.15. The average Bonchev–Trinajstić information content (AvgIpc) is 3.39. The highest BCUT2D eigenvalue weighted by atomic mass is 35.5. The average molecular weight is 493 g/mol. The number of carbonyl (C=O) groups excluding carboxylic acids is 4. The molecule has 0 saturated carbocycles. The Morgan fingerprint density at radius 3 is 2.56 bits per heavy atom. The van der Waals surface area contributed by atoms with Crippen LogP contribution in [0.5, 0.6) is 11.5 Å². The van der Waals surface area contributed by atoms with E-state index in [1.807, 2.05) is 0 Å². The van der Waals surface area contributed by atoms with E-state index in [1.54, 1.807) is 0 Å². The molecule has 0 bridgehead atoms. The lowest BCUT2D eigenvalue weighted by Crippen LogP contribution is -2.30. The van der Waals surface area contributed by atoms with E-state index in [9.17, 15) is 19.2 Å². The molecule has 2 heterocycles. The summed E-state index contributed by atoms with van der Waals surface area (Å²) in [5, 5.41) is 2.59. The van der Waals surface area contributed by atoms with Crippen LogP contribution in [0, 0.1) is 0 Å². The van der Waals surface area contributed by atoms with Crippen molar-refractivity contribution >= 4 is 41.6 Å². The van der Waals surface area contributed by atoms with Crippen molar-refractivity contribution in [2.45, 2.75) is 19.6 Å². The molecule has 11 nitrogen and oxygen atoms in total. The number of hydrogen-bond acceptors (Lipinski definition) is 9. The van der Waals surface area contributed by atoms with E-state index in [1.165, 1.54) is 58.6 Å². The highest BCUT2D eigenvalue weighted by molar-refractivity contribution is 6.32. The summed E-state index contributed by atoms with van der Waals surface area (Å²) in [5.41, 5.74) is 0.413. The van der Waals surface area contributed by atoms with Crippen LogP contribution in [-0.2, 0) is 25.6 Å². The van der Waals surface area contributed by atoms with Crippen molar-refractivity contribution in [1.29, 1.82) is 0 Å². The zero-order valence-corrected chi connectivity index (χ0v) is 19.4. The van der Waals surface area contributed by atoms with Crippen LogP contribution in [0.1, 0.15) is 28.8 Å². The van der Waals surface area contributed by atoms with Crippen molar-refractivity contribution in [3.63, 3.8) is 0 Å². The fourth-order valence-electron chi connectivity index (χ4n) is 3.04. The molecule has 34 heavy (non-hydrogen) atoms. The summed E-state index contributed by atoms with van der Waals surface area (Å²) in [4.78, 5) is 49.2. The van der Waals surface area contributed by atoms with E-state index in [0.29, 0.717) is 5.56 Å². The zero-order valence-electron chi connectivity index (χ0n) is 18.7. The summed E-state index contributed by atoms with van der Waals surface area (Å²) in [5.74, 6) is -1.40. The van der Waals surface area contributed by atoms with Crippen LogP contribution in [-0.4, -0.2) is 56.2 Å². The molecular weight excluding hydrogens is 472 g/mol. The minimum atomic E-state index is -0.939. The fourth-order valence-corrected chi connectivity index (χ4v) is 3.30. The van der Waals surface area contributed by atoms with E-state index >= 15 is 0 Å². The molecular formula is C22H21ClN2O9. The monoisotopic (exact) mass is 492 g/mol. The maximum atomic E-state index is 12.8. The molecule has 2 aromatic rings. The van der Waals surface area contributed by atoms with Gasteiger partial charge in [0.25, 0.3) is 5.91 Å². The van der Waals surface area contributed by atoms with Crippen LogP contribution in [0.4, 0.5) is 4.79 Å². The molecule has 1 N–H and O–H groups in total. The molecule has 3 rings (SSSR count). The van der Waals surface area contributed by atoms with Gasteiger partial charge >= 0.3 is 18.0 Å². The second kappa shape index (κ2) is 10.3. The van der Waals surface area contributed by atoms with E-state index in [0.717, 1.165) is 4.90 Å². The van der Waals surface area contributed by atoms with Crippen LogP contribution < -0.4 is 14.8 Å². The van der Waals surface area contributed by atoms with Crippen LogP contribution in [0.2, 0.25) is 5.02 Å². The number of halogens is 1. The predicted molar refractivity (Wildman–Crippen MR) is 117 cm³/mol. The Morgan fingerprint density at radius 1 is 1.18 bits per heavy atom. The number of ether oxygens (including phenoxy) is 4. The van der Waals surface area contributed by atoms with Crippen LogP contribution in [0.3, 0.4) is 0 Å². The summed E-state index contributed by atoms with van der Waals surface area (Å²) < 4.78 is 25.4. The number of furan rings is 1. The minimum absolute atomic E-state index is 0.0144. The molecule has 1 aromatic heterocycles. The van der Waals surface area contributed by atoms with Gasteiger partial charge in [-0.25, -0.2) is 14.4 Å². The molecule has 1 saturated heterocycles. The summed E-state index contributed by atoms with van der Waals surface area (Å²) in [6, 6.07) is 5.18. The first-order chi connectivity index (χ1) is 16.2. The smallest absolute Gasteiger partial charge is 0.373 e. The third-order valence-corrected chi connectivity index (χ3v) is 5.00. The molecule has 0 aliphatic carbocycles. The molecule has 1 atom stereocenters. The number of nitrogens with zero attached hydrogens (tertiary/aromatic N) is 1.